The fraction of sp³-hybridized carbons (Fsp3) is 0.263. The van der Waals surface area contributed by atoms with Gasteiger partial charge in [0, 0.05) is 6.42 Å². The normalized spacial score (nSPS) is 19.1. The lowest BCUT2D eigenvalue weighted by Crippen LogP contribution is -2.27. The van der Waals surface area contributed by atoms with E-state index >= 15 is 0 Å². The molecule has 3 nitrogen and oxygen atoms in total. The average molecular weight is 309 g/mol. The zero-order chi connectivity index (χ0) is 16.3. The van der Waals surface area contributed by atoms with Crippen molar-refractivity contribution >= 4 is 6.29 Å². The van der Waals surface area contributed by atoms with Crippen LogP contribution in [0.15, 0.2) is 42.5 Å². The van der Waals surface area contributed by atoms with Crippen LogP contribution in [0, 0.1) is 17.1 Å². The van der Waals surface area contributed by atoms with Gasteiger partial charge in [-0.3, -0.25) is 0 Å². The minimum Gasteiger partial charge on any atom is -0.361 e. The zero-order valence-corrected chi connectivity index (χ0v) is 12.6. The predicted molar refractivity (Wildman–Crippen MR) is 83.0 cm³/mol. The first kappa shape index (κ1) is 15.4. The standard InChI is InChI=1S/C19H16FNO2/c20-17-6-4-16(5-7-17)19(9-1-2-10-22)18-8-3-14(12-21)11-15(18)13-23-19/h3-8,10-11H,1-2,9,13H2. The SMILES string of the molecule is N#Cc1ccc2c(c1)COC2(CCCC=O)c1ccc(F)cc1. The van der Waals surface area contributed by atoms with Gasteiger partial charge in [0.05, 0.1) is 18.2 Å². The van der Waals surface area contributed by atoms with Gasteiger partial charge in [0.2, 0.25) is 0 Å². The first-order valence-electron chi connectivity index (χ1n) is 7.57. The maximum Gasteiger partial charge on any atom is 0.123 e. The summed E-state index contributed by atoms with van der Waals surface area (Å²) in [6, 6.07) is 13.9. The molecule has 0 N–H and O–H groups in total. The Balaban J connectivity index is 2.07. The van der Waals surface area contributed by atoms with Crippen molar-refractivity contribution in [1.82, 2.24) is 0 Å². The summed E-state index contributed by atoms with van der Waals surface area (Å²) >= 11 is 0. The minimum absolute atomic E-state index is 0.296. The van der Waals surface area contributed by atoms with Crippen molar-refractivity contribution in [1.29, 1.82) is 5.26 Å². The van der Waals surface area contributed by atoms with Crippen molar-refractivity contribution in [2.75, 3.05) is 0 Å². The molecule has 1 unspecified atom stereocenters. The summed E-state index contributed by atoms with van der Waals surface area (Å²) in [6.07, 6.45) is 2.67. The molecule has 1 aliphatic rings. The van der Waals surface area contributed by atoms with Crippen molar-refractivity contribution in [3.8, 4) is 6.07 Å². The van der Waals surface area contributed by atoms with E-state index in [1.54, 1.807) is 18.2 Å². The molecule has 0 amide bonds. The van der Waals surface area contributed by atoms with Crippen molar-refractivity contribution in [3.63, 3.8) is 0 Å². The summed E-state index contributed by atoms with van der Waals surface area (Å²) < 4.78 is 19.4. The Bertz CT molecular complexity index is 764. The van der Waals surface area contributed by atoms with Crippen LogP contribution in [0.1, 0.15) is 41.5 Å². The van der Waals surface area contributed by atoms with Crippen molar-refractivity contribution in [2.24, 2.45) is 0 Å². The van der Waals surface area contributed by atoms with Crippen LogP contribution >= 0.6 is 0 Å². The number of benzene rings is 2. The average Bonchev–Trinajstić information content (AvgIpc) is 2.95. The molecule has 0 fully saturated rings. The highest BCUT2D eigenvalue weighted by atomic mass is 19.1. The molecule has 1 aliphatic heterocycles. The van der Waals surface area contributed by atoms with Gasteiger partial charge in [-0.1, -0.05) is 18.2 Å². The zero-order valence-electron chi connectivity index (χ0n) is 12.6. The fourth-order valence-corrected chi connectivity index (χ4v) is 3.20. The molecule has 0 saturated carbocycles. The van der Waals surface area contributed by atoms with Gasteiger partial charge in [-0.05, 0) is 53.8 Å². The first-order chi connectivity index (χ1) is 11.2. The number of aldehydes is 1. The van der Waals surface area contributed by atoms with Crippen molar-refractivity contribution in [2.45, 2.75) is 31.5 Å². The number of nitrogens with zero attached hydrogens (tertiary/aromatic N) is 1. The topological polar surface area (TPSA) is 50.1 Å². The van der Waals surface area contributed by atoms with Gasteiger partial charge in [-0.15, -0.1) is 0 Å². The highest BCUT2D eigenvalue weighted by Crippen LogP contribution is 2.45. The van der Waals surface area contributed by atoms with Crippen molar-refractivity contribution in [3.05, 3.63) is 70.5 Å². The van der Waals surface area contributed by atoms with Crippen LogP contribution in [0.2, 0.25) is 0 Å². The largest absolute Gasteiger partial charge is 0.361 e. The highest BCUT2D eigenvalue weighted by molar-refractivity contribution is 5.50. The molecular weight excluding hydrogens is 293 g/mol. The summed E-state index contributed by atoms with van der Waals surface area (Å²) in [4.78, 5) is 10.7. The number of unbranched alkanes of at least 4 members (excludes halogenated alkanes) is 1. The maximum atomic E-state index is 13.3. The lowest BCUT2D eigenvalue weighted by molar-refractivity contribution is -0.108. The van der Waals surface area contributed by atoms with E-state index in [4.69, 9.17) is 10.00 Å². The number of nitriles is 1. The number of ether oxygens (including phenoxy) is 1. The molecule has 0 radical (unpaired) electrons. The quantitative estimate of drug-likeness (QED) is 0.623. The Labute approximate surface area is 134 Å². The molecule has 0 spiro atoms. The van der Waals surface area contributed by atoms with Crippen LogP contribution in [-0.2, 0) is 21.7 Å². The van der Waals surface area contributed by atoms with E-state index in [1.165, 1.54) is 12.1 Å². The van der Waals surface area contributed by atoms with Crippen LogP contribution in [0.3, 0.4) is 0 Å². The van der Waals surface area contributed by atoms with E-state index in [1.807, 2.05) is 12.1 Å². The summed E-state index contributed by atoms with van der Waals surface area (Å²) in [5, 5.41) is 9.05. The smallest absolute Gasteiger partial charge is 0.123 e. The van der Waals surface area contributed by atoms with Crippen molar-refractivity contribution < 1.29 is 13.9 Å². The first-order valence-corrected chi connectivity index (χ1v) is 7.57. The van der Waals surface area contributed by atoms with Gasteiger partial charge < -0.3 is 9.53 Å². The molecule has 0 saturated heterocycles. The van der Waals surface area contributed by atoms with Crippen LogP contribution in [0.5, 0.6) is 0 Å². The molecular formula is C19H16FNO2. The maximum absolute atomic E-state index is 13.3. The predicted octanol–water partition coefficient (Wildman–Crippen LogP) is 3.84. The molecule has 3 rings (SSSR count). The number of halogens is 1. The molecule has 1 atom stereocenters. The molecule has 2 aromatic rings. The minimum atomic E-state index is -0.681. The second kappa shape index (κ2) is 6.31. The van der Waals surface area contributed by atoms with Gasteiger partial charge >= 0.3 is 0 Å². The highest BCUT2D eigenvalue weighted by Gasteiger charge is 2.41. The summed E-state index contributed by atoms with van der Waals surface area (Å²) in [7, 11) is 0. The van der Waals surface area contributed by atoms with Crippen LogP contribution in [0.25, 0.3) is 0 Å². The van der Waals surface area contributed by atoms with Crippen LogP contribution < -0.4 is 0 Å². The molecule has 0 aromatic heterocycles. The molecule has 1 heterocycles. The molecule has 23 heavy (non-hydrogen) atoms. The van der Waals surface area contributed by atoms with E-state index in [0.29, 0.717) is 31.4 Å². The number of carbonyl (C=O) groups excluding carboxylic acids is 1. The Morgan fingerprint density at radius 2 is 2.04 bits per heavy atom. The molecule has 116 valence electrons. The number of fused-ring (bicyclic) bond motifs is 1. The summed E-state index contributed by atoms with van der Waals surface area (Å²) in [6.45, 7) is 0.406. The lowest BCUT2D eigenvalue weighted by Gasteiger charge is -2.30. The van der Waals surface area contributed by atoms with E-state index in [2.05, 4.69) is 6.07 Å². The summed E-state index contributed by atoms with van der Waals surface area (Å²) in [5.74, 6) is -0.296. The molecule has 2 aromatic carbocycles. The monoisotopic (exact) mass is 309 g/mol. The Hall–Kier alpha value is -2.51. The third-order valence-electron chi connectivity index (χ3n) is 4.30. The number of hydrogen-bond acceptors (Lipinski definition) is 3. The third-order valence-corrected chi connectivity index (χ3v) is 4.30. The van der Waals surface area contributed by atoms with Crippen LogP contribution in [-0.4, -0.2) is 6.29 Å². The van der Waals surface area contributed by atoms with Crippen LogP contribution in [0.4, 0.5) is 4.39 Å². The lowest BCUT2D eigenvalue weighted by atomic mass is 9.81. The molecule has 0 bridgehead atoms. The van der Waals surface area contributed by atoms with Gasteiger partial charge in [0.25, 0.3) is 0 Å². The number of carbonyl (C=O) groups is 1. The van der Waals surface area contributed by atoms with E-state index < -0.39 is 5.60 Å². The Morgan fingerprint density at radius 1 is 1.26 bits per heavy atom. The second-order valence-corrected chi connectivity index (χ2v) is 5.67. The Kier molecular flexibility index (Phi) is 4.22. The van der Waals surface area contributed by atoms with Gasteiger partial charge in [0.15, 0.2) is 0 Å². The summed E-state index contributed by atoms with van der Waals surface area (Å²) in [5.41, 5.74) is 2.75. The van der Waals surface area contributed by atoms with Gasteiger partial charge in [-0.2, -0.15) is 5.26 Å². The van der Waals surface area contributed by atoms with E-state index in [0.717, 1.165) is 23.0 Å². The Morgan fingerprint density at radius 3 is 2.74 bits per heavy atom. The second-order valence-electron chi connectivity index (χ2n) is 5.67. The fourth-order valence-electron chi connectivity index (χ4n) is 3.20. The third kappa shape index (κ3) is 2.76. The van der Waals surface area contributed by atoms with Gasteiger partial charge in [0.1, 0.15) is 17.7 Å². The van der Waals surface area contributed by atoms with Gasteiger partial charge in [-0.25, -0.2) is 4.39 Å². The number of hydrogen-bond donors (Lipinski definition) is 0. The number of rotatable bonds is 5. The molecule has 4 heteroatoms. The van der Waals surface area contributed by atoms with E-state index in [-0.39, 0.29) is 5.82 Å². The van der Waals surface area contributed by atoms with E-state index in [9.17, 15) is 9.18 Å². The molecule has 0 aliphatic carbocycles.